The van der Waals surface area contributed by atoms with E-state index in [-0.39, 0.29) is 6.10 Å². The van der Waals surface area contributed by atoms with Gasteiger partial charge in [0.1, 0.15) is 18.5 Å². The highest BCUT2D eigenvalue weighted by atomic mass is 32.1. The summed E-state index contributed by atoms with van der Waals surface area (Å²) >= 11 is 1.72. The molecule has 0 bridgehead atoms. The number of rotatable bonds is 3. The van der Waals surface area contributed by atoms with Crippen molar-refractivity contribution < 1.29 is 14.2 Å². The molecule has 2 heterocycles. The molecule has 0 aliphatic carbocycles. The SMILES string of the molecule is CC1(C)OC[C@H](COc2ccc3ccsc3c2)O1. The van der Waals surface area contributed by atoms with Gasteiger partial charge in [-0.15, -0.1) is 11.3 Å². The van der Waals surface area contributed by atoms with Gasteiger partial charge in [0.05, 0.1) is 6.61 Å². The summed E-state index contributed by atoms with van der Waals surface area (Å²) in [6.45, 7) is 4.96. The van der Waals surface area contributed by atoms with E-state index in [1.165, 1.54) is 10.1 Å². The first-order valence-corrected chi connectivity index (χ1v) is 6.92. The fourth-order valence-electron chi connectivity index (χ4n) is 2.06. The largest absolute Gasteiger partial charge is 0.491 e. The zero-order valence-corrected chi connectivity index (χ0v) is 11.3. The minimum Gasteiger partial charge on any atom is -0.491 e. The summed E-state index contributed by atoms with van der Waals surface area (Å²) in [5.74, 6) is 0.407. The van der Waals surface area contributed by atoms with Gasteiger partial charge in [-0.2, -0.15) is 0 Å². The first-order chi connectivity index (χ1) is 8.62. The van der Waals surface area contributed by atoms with Gasteiger partial charge in [-0.05, 0) is 48.9 Å². The Hall–Kier alpha value is -1.10. The van der Waals surface area contributed by atoms with E-state index in [0.29, 0.717) is 13.2 Å². The number of thiophene rings is 1. The van der Waals surface area contributed by atoms with Crippen LogP contribution >= 0.6 is 11.3 Å². The van der Waals surface area contributed by atoms with Crippen molar-refractivity contribution in [3.05, 3.63) is 29.6 Å². The molecule has 0 unspecified atom stereocenters. The van der Waals surface area contributed by atoms with E-state index >= 15 is 0 Å². The number of benzene rings is 1. The van der Waals surface area contributed by atoms with Crippen molar-refractivity contribution in [2.24, 2.45) is 0 Å². The normalized spacial score (nSPS) is 22.4. The van der Waals surface area contributed by atoms with Crippen molar-refractivity contribution in [2.75, 3.05) is 13.2 Å². The Morgan fingerprint density at radius 2 is 2.28 bits per heavy atom. The third-order valence-corrected chi connectivity index (χ3v) is 3.81. The number of hydrogen-bond acceptors (Lipinski definition) is 4. The summed E-state index contributed by atoms with van der Waals surface area (Å²) in [5.41, 5.74) is 0. The van der Waals surface area contributed by atoms with Gasteiger partial charge in [-0.25, -0.2) is 0 Å². The van der Waals surface area contributed by atoms with Gasteiger partial charge in [0.25, 0.3) is 0 Å². The highest BCUT2D eigenvalue weighted by Crippen LogP contribution is 2.27. The summed E-state index contributed by atoms with van der Waals surface area (Å²) in [5, 5.41) is 3.35. The highest BCUT2D eigenvalue weighted by Gasteiger charge is 2.32. The summed E-state index contributed by atoms with van der Waals surface area (Å²) in [7, 11) is 0. The molecular formula is C14H16O3S. The third-order valence-electron chi connectivity index (χ3n) is 2.93. The maximum Gasteiger partial charge on any atom is 0.163 e. The first kappa shape index (κ1) is 12.0. The molecule has 1 aliphatic heterocycles. The molecule has 1 atom stereocenters. The molecular weight excluding hydrogens is 248 g/mol. The lowest BCUT2D eigenvalue weighted by atomic mass is 10.2. The zero-order chi connectivity index (χ0) is 12.6. The van der Waals surface area contributed by atoms with E-state index < -0.39 is 5.79 Å². The molecule has 3 nitrogen and oxygen atoms in total. The van der Waals surface area contributed by atoms with Crippen molar-refractivity contribution in [1.29, 1.82) is 0 Å². The average molecular weight is 264 g/mol. The van der Waals surface area contributed by atoms with E-state index in [1.54, 1.807) is 11.3 Å². The van der Waals surface area contributed by atoms with Gasteiger partial charge in [-0.1, -0.05) is 0 Å². The molecule has 2 aromatic rings. The second-order valence-electron chi connectivity index (χ2n) is 4.88. The highest BCUT2D eigenvalue weighted by molar-refractivity contribution is 7.17. The van der Waals surface area contributed by atoms with Gasteiger partial charge in [0.2, 0.25) is 0 Å². The van der Waals surface area contributed by atoms with Crippen LogP contribution in [0.25, 0.3) is 10.1 Å². The lowest BCUT2D eigenvalue weighted by Crippen LogP contribution is -2.25. The maximum absolute atomic E-state index is 5.76. The Morgan fingerprint density at radius 3 is 3.06 bits per heavy atom. The van der Waals surface area contributed by atoms with Crippen molar-refractivity contribution in [2.45, 2.75) is 25.7 Å². The predicted molar refractivity (Wildman–Crippen MR) is 72.2 cm³/mol. The van der Waals surface area contributed by atoms with E-state index in [2.05, 4.69) is 23.6 Å². The zero-order valence-electron chi connectivity index (χ0n) is 10.5. The second-order valence-corrected chi connectivity index (χ2v) is 5.83. The molecule has 4 heteroatoms. The Balaban J connectivity index is 1.63. The minimum atomic E-state index is -0.480. The average Bonchev–Trinajstić information content (AvgIpc) is 2.92. The molecule has 1 saturated heterocycles. The standard InChI is InChI=1S/C14H16O3S/c1-14(2)16-9-12(17-14)8-15-11-4-3-10-5-6-18-13(10)7-11/h3-7,12H,8-9H2,1-2H3/t12-/m0/s1. The molecule has 1 aromatic carbocycles. The summed E-state index contributed by atoms with van der Waals surface area (Å²) in [4.78, 5) is 0. The first-order valence-electron chi connectivity index (χ1n) is 6.04. The van der Waals surface area contributed by atoms with Crippen LogP contribution < -0.4 is 4.74 Å². The number of hydrogen-bond donors (Lipinski definition) is 0. The molecule has 0 spiro atoms. The molecule has 1 aliphatic rings. The number of ether oxygens (including phenoxy) is 3. The Labute approximate surface area is 110 Å². The van der Waals surface area contributed by atoms with Crippen LogP contribution in [0.2, 0.25) is 0 Å². The van der Waals surface area contributed by atoms with E-state index in [0.717, 1.165) is 5.75 Å². The topological polar surface area (TPSA) is 27.7 Å². The molecule has 96 valence electrons. The Bertz CT molecular complexity index is 547. The minimum absolute atomic E-state index is 0.0130. The summed E-state index contributed by atoms with van der Waals surface area (Å²) in [6.07, 6.45) is 0.0130. The van der Waals surface area contributed by atoms with Crippen molar-refractivity contribution in [3.8, 4) is 5.75 Å². The predicted octanol–water partition coefficient (Wildman–Crippen LogP) is 3.43. The van der Waals surface area contributed by atoms with Crippen molar-refractivity contribution in [3.63, 3.8) is 0 Å². The van der Waals surface area contributed by atoms with Gasteiger partial charge in [0.15, 0.2) is 5.79 Å². The fraction of sp³-hybridized carbons (Fsp3) is 0.429. The maximum atomic E-state index is 5.76. The molecule has 1 aromatic heterocycles. The van der Waals surface area contributed by atoms with Crippen molar-refractivity contribution >= 4 is 21.4 Å². The molecule has 1 fully saturated rings. The monoisotopic (exact) mass is 264 g/mol. The molecule has 0 amide bonds. The lowest BCUT2D eigenvalue weighted by molar-refractivity contribution is -0.141. The van der Waals surface area contributed by atoms with Gasteiger partial charge in [0, 0.05) is 4.70 Å². The van der Waals surface area contributed by atoms with Crippen LogP contribution in [-0.4, -0.2) is 25.1 Å². The summed E-state index contributed by atoms with van der Waals surface area (Å²) in [6, 6.07) is 8.26. The van der Waals surface area contributed by atoms with Crippen LogP contribution in [-0.2, 0) is 9.47 Å². The third kappa shape index (κ3) is 2.51. The molecule has 0 radical (unpaired) electrons. The number of fused-ring (bicyclic) bond motifs is 1. The van der Waals surface area contributed by atoms with Crippen LogP contribution in [0.1, 0.15) is 13.8 Å². The Kier molecular flexibility index (Phi) is 3.01. The summed E-state index contributed by atoms with van der Waals surface area (Å²) < 4.78 is 18.2. The molecule has 18 heavy (non-hydrogen) atoms. The van der Waals surface area contributed by atoms with Gasteiger partial charge < -0.3 is 14.2 Å². The molecule has 3 rings (SSSR count). The van der Waals surface area contributed by atoms with Crippen LogP contribution in [0.3, 0.4) is 0 Å². The van der Waals surface area contributed by atoms with Gasteiger partial charge in [-0.3, -0.25) is 0 Å². The quantitative estimate of drug-likeness (QED) is 0.850. The molecule has 0 N–H and O–H groups in total. The fourth-order valence-corrected chi connectivity index (χ4v) is 2.88. The van der Waals surface area contributed by atoms with Crippen LogP contribution in [0.15, 0.2) is 29.6 Å². The lowest BCUT2D eigenvalue weighted by Gasteiger charge is -2.17. The van der Waals surface area contributed by atoms with Crippen molar-refractivity contribution in [1.82, 2.24) is 0 Å². The van der Waals surface area contributed by atoms with Crippen LogP contribution in [0, 0.1) is 0 Å². The smallest absolute Gasteiger partial charge is 0.163 e. The van der Waals surface area contributed by atoms with E-state index in [1.807, 2.05) is 19.9 Å². The van der Waals surface area contributed by atoms with Crippen LogP contribution in [0.5, 0.6) is 5.75 Å². The van der Waals surface area contributed by atoms with E-state index in [4.69, 9.17) is 14.2 Å². The van der Waals surface area contributed by atoms with Gasteiger partial charge >= 0.3 is 0 Å². The molecule has 0 saturated carbocycles. The Morgan fingerprint density at radius 1 is 1.39 bits per heavy atom. The van der Waals surface area contributed by atoms with E-state index in [9.17, 15) is 0 Å². The van der Waals surface area contributed by atoms with Crippen LogP contribution in [0.4, 0.5) is 0 Å². The second kappa shape index (κ2) is 4.53.